The minimum atomic E-state index is 0.0857. The largest absolute Gasteiger partial charge is 0.369 e. The number of anilines is 1. The number of nitrogens with zero attached hydrogens (tertiary/aromatic N) is 4. The van der Waals surface area contributed by atoms with Gasteiger partial charge >= 0.3 is 0 Å². The van der Waals surface area contributed by atoms with E-state index in [2.05, 4.69) is 62.6 Å². The van der Waals surface area contributed by atoms with Crippen LogP contribution >= 0.6 is 11.6 Å². The summed E-state index contributed by atoms with van der Waals surface area (Å²) in [5, 5.41) is 3.86. The lowest BCUT2D eigenvalue weighted by molar-refractivity contribution is -0.121. The molecule has 174 valence electrons. The molecule has 1 unspecified atom stereocenters. The third-order valence-corrected chi connectivity index (χ3v) is 6.59. The average Bonchev–Trinajstić information content (AvgIpc) is 3.24. The van der Waals surface area contributed by atoms with Crippen LogP contribution in [0.25, 0.3) is 0 Å². The Morgan fingerprint density at radius 3 is 2.61 bits per heavy atom. The van der Waals surface area contributed by atoms with E-state index in [4.69, 9.17) is 11.6 Å². The first-order chi connectivity index (χ1) is 16.1. The summed E-state index contributed by atoms with van der Waals surface area (Å²) in [6.45, 7) is 6.99. The van der Waals surface area contributed by atoms with Gasteiger partial charge in [0.05, 0.1) is 0 Å². The zero-order chi connectivity index (χ0) is 23.0. The van der Waals surface area contributed by atoms with Gasteiger partial charge in [-0.1, -0.05) is 41.9 Å². The average molecular weight is 466 g/mol. The highest BCUT2D eigenvalue weighted by Crippen LogP contribution is 2.23. The zero-order valence-electron chi connectivity index (χ0n) is 19.2. The number of imidazole rings is 1. The van der Waals surface area contributed by atoms with Crippen molar-refractivity contribution in [2.24, 2.45) is 0 Å². The van der Waals surface area contributed by atoms with E-state index in [1.807, 2.05) is 29.8 Å². The molecule has 0 bridgehead atoms. The highest BCUT2D eigenvalue weighted by molar-refractivity contribution is 6.30. The Morgan fingerprint density at radius 1 is 1.09 bits per heavy atom. The van der Waals surface area contributed by atoms with Crippen LogP contribution in [-0.2, 0) is 17.8 Å². The van der Waals surface area contributed by atoms with E-state index < -0.39 is 0 Å². The van der Waals surface area contributed by atoms with E-state index in [1.165, 1.54) is 11.3 Å². The summed E-state index contributed by atoms with van der Waals surface area (Å²) in [6, 6.07) is 19.1. The minimum Gasteiger partial charge on any atom is -0.369 e. The molecule has 2 aromatic carbocycles. The fourth-order valence-corrected chi connectivity index (χ4v) is 4.57. The van der Waals surface area contributed by atoms with E-state index in [0.717, 1.165) is 43.4 Å². The number of hydrogen-bond acceptors (Lipinski definition) is 4. The number of hydrogen-bond donors (Lipinski definition) is 1. The topological polar surface area (TPSA) is 53.4 Å². The highest BCUT2D eigenvalue weighted by Gasteiger charge is 2.27. The summed E-state index contributed by atoms with van der Waals surface area (Å²) in [4.78, 5) is 21.5. The molecular weight excluding hydrogens is 434 g/mol. The second-order valence-corrected chi connectivity index (χ2v) is 9.01. The second-order valence-electron chi connectivity index (χ2n) is 8.57. The fraction of sp³-hybridized carbons (Fsp3) is 0.385. The van der Waals surface area contributed by atoms with Crippen LogP contribution in [0.3, 0.4) is 0 Å². The summed E-state index contributed by atoms with van der Waals surface area (Å²) in [6.07, 6.45) is 5.13. The fourth-order valence-electron chi connectivity index (χ4n) is 4.44. The Balaban J connectivity index is 1.32. The van der Waals surface area contributed by atoms with Crippen molar-refractivity contribution in [3.05, 3.63) is 83.4 Å². The third-order valence-electron chi connectivity index (χ3n) is 6.34. The highest BCUT2D eigenvalue weighted by atomic mass is 35.5. The number of rotatable bonds is 9. The molecule has 0 saturated carbocycles. The molecule has 1 aliphatic rings. The van der Waals surface area contributed by atoms with Gasteiger partial charge in [-0.2, -0.15) is 0 Å². The van der Waals surface area contributed by atoms with Gasteiger partial charge in [0.1, 0.15) is 5.82 Å². The Morgan fingerprint density at radius 2 is 1.88 bits per heavy atom. The standard InChI is InChI=1S/C26H32ClN5O/c1-21-28-12-15-30(21)14-11-26(33)29-13-16-31-17-18-32(24-9-7-23(27)8-10-24)20-25(31)19-22-5-3-2-4-6-22/h2-10,12,15,25H,11,13-14,16-20H2,1H3,(H,29,33). The van der Waals surface area contributed by atoms with Crippen molar-refractivity contribution in [1.82, 2.24) is 19.8 Å². The van der Waals surface area contributed by atoms with E-state index in [0.29, 0.717) is 25.6 Å². The number of carbonyl (C=O) groups is 1. The number of halogens is 1. The minimum absolute atomic E-state index is 0.0857. The molecule has 6 nitrogen and oxygen atoms in total. The van der Waals surface area contributed by atoms with Crippen LogP contribution in [0, 0.1) is 6.92 Å². The molecule has 33 heavy (non-hydrogen) atoms. The first-order valence-electron chi connectivity index (χ1n) is 11.6. The molecule has 1 amide bonds. The number of amides is 1. The van der Waals surface area contributed by atoms with Gasteiger partial charge in [-0.25, -0.2) is 4.98 Å². The Hall–Kier alpha value is -2.83. The van der Waals surface area contributed by atoms with Crippen molar-refractivity contribution in [3.63, 3.8) is 0 Å². The van der Waals surface area contributed by atoms with Crippen molar-refractivity contribution in [2.75, 3.05) is 37.6 Å². The smallest absolute Gasteiger partial charge is 0.221 e. The summed E-state index contributed by atoms with van der Waals surface area (Å²) < 4.78 is 2.01. The van der Waals surface area contributed by atoms with Crippen molar-refractivity contribution in [3.8, 4) is 0 Å². The molecule has 3 aromatic rings. The zero-order valence-corrected chi connectivity index (χ0v) is 19.9. The first kappa shape index (κ1) is 23.3. The first-order valence-corrected chi connectivity index (χ1v) is 12.0. The predicted octanol–water partition coefficient (Wildman–Crippen LogP) is 3.78. The van der Waals surface area contributed by atoms with E-state index in [-0.39, 0.29) is 5.91 Å². The van der Waals surface area contributed by atoms with Gasteiger partial charge < -0.3 is 14.8 Å². The number of benzene rings is 2. The van der Waals surface area contributed by atoms with E-state index in [9.17, 15) is 4.79 Å². The lowest BCUT2D eigenvalue weighted by Gasteiger charge is -2.42. The molecular formula is C26H32ClN5O. The number of nitrogens with one attached hydrogen (secondary N) is 1. The van der Waals surface area contributed by atoms with Crippen LogP contribution in [0.15, 0.2) is 67.0 Å². The van der Waals surface area contributed by atoms with Gasteiger partial charge in [-0.05, 0) is 43.2 Å². The lowest BCUT2D eigenvalue weighted by Crippen LogP contribution is -2.55. The van der Waals surface area contributed by atoms with E-state index >= 15 is 0 Å². The molecule has 0 radical (unpaired) electrons. The van der Waals surface area contributed by atoms with Gasteiger partial charge in [0.15, 0.2) is 0 Å². The van der Waals surface area contributed by atoms with Crippen molar-refractivity contribution in [1.29, 1.82) is 0 Å². The van der Waals surface area contributed by atoms with Gasteiger partial charge in [0, 0.05) is 74.8 Å². The number of carbonyl (C=O) groups excluding carboxylic acids is 1. The Labute approximate surface area is 201 Å². The van der Waals surface area contributed by atoms with Crippen LogP contribution < -0.4 is 10.2 Å². The molecule has 1 aliphatic heterocycles. The molecule has 4 rings (SSSR count). The van der Waals surface area contributed by atoms with Crippen molar-refractivity contribution >= 4 is 23.2 Å². The van der Waals surface area contributed by atoms with Crippen LogP contribution in [0.5, 0.6) is 0 Å². The van der Waals surface area contributed by atoms with Crippen LogP contribution in [0.1, 0.15) is 17.8 Å². The van der Waals surface area contributed by atoms with Crippen molar-refractivity contribution in [2.45, 2.75) is 32.4 Å². The summed E-state index contributed by atoms with van der Waals surface area (Å²) in [5.74, 6) is 1.02. The molecule has 1 atom stereocenters. The molecule has 0 spiro atoms. The van der Waals surface area contributed by atoms with Gasteiger partial charge in [-0.3, -0.25) is 9.69 Å². The normalized spacial score (nSPS) is 16.7. The molecule has 1 aromatic heterocycles. The summed E-state index contributed by atoms with van der Waals surface area (Å²) in [7, 11) is 0. The summed E-state index contributed by atoms with van der Waals surface area (Å²) in [5.41, 5.74) is 2.55. The molecule has 1 fully saturated rings. The number of aromatic nitrogens is 2. The molecule has 2 heterocycles. The molecule has 7 heteroatoms. The molecule has 0 aliphatic carbocycles. The van der Waals surface area contributed by atoms with Gasteiger partial charge in [0.2, 0.25) is 5.91 Å². The van der Waals surface area contributed by atoms with Gasteiger partial charge in [0.25, 0.3) is 0 Å². The molecule has 1 N–H and O–H groups in total. The second kappa shape index (κ2) is 11.3. The van der Waals surface area contributed by atoms with Crippen LogP contribution in [0.2, 0.25) is 5.02 Å². The Kier molecular flexibility index (Phi) is 8.02. The third kappa shape index (κ3) is 6.59. The number of aryl methyl sites for hydroxylation is 2. The maximum Gasteiger partial charge on any atom is 0.221 e. The predicted molar refractivity (Wildman–Crippen MR) is 134 cm³/mol. The molecule has 1 saturated heterocycles. The lowest BCUT2D eigenvalue weighted by atomic mass is 10.0. The van der Waals surface area contributed by atoms with Gasteiger partial charge in [-0.15, -0.1) is 0 Å². The van der Waals surface area contributed by atoms with Crippen molar-refractivity contribution < 1.29 is 4.79 Å². The number of piperazine rings is 1. The maximum absolute atomic E-state index is 12.3. The van der Waals surface area contributed by atoms with E-state index in [1.54, 1.807) is 6.20 Å². The summed E-state index contributed by atoms with van der Waals surface area (Å²) >= 11 is 6.09. The Bertz CT molecular complexity index is 1020. The quantitative estimate of drug-likeness (QED) is 0.522. The maximum atomic E-state index is 12.3. The van der Waals surface area contributed by atoms with Crippen LogP contribution in [-0.4, -0.2) is 59.1 Å². The monoisotopic (exact) mass is 465 g/mol. The van der Waals surface area contributed by atoms with Crippen LogP contribution in [0.4, 0.5) is 5.69 Å². The SMILES string of the molecule is Cc1nccn1CCC(=O)NCCN1CCN(c2ccc(Cl)cc2)CC1Cc1ccccc1.